The van der Waals surface area contributed by atoms with Gasteiger partial charge in [-0.1, -0.05) is 105 Å². The number of methoxy groups -OCH3 is 2. The quantitative estimate of drug-likeness (QED) is 0.115. The maximum atomic E-state index is 14.1. The number of hydrogen-bond acceptors (Lipinski definition) is 8. The van der Waals surface area contributed by atoms with Crippen LogP contribution in [0.5, 0.6) is 0 Å². The predicted molar refractivity (Wildman–Crippen MR) is 250 cm³/mol. The summed E-state index contributed by atoms with van der Waals surface area (Å²) in [5.74, 6) is 0.965. The van der Waals surface area contributed by atoms with Crippen LogP contribution in [0.1, 0.15) is 135 Å². The van der Waals surface area contributed by atoms with E-state index in [9.17, 15) is 19.2 Å². The van der Waals surface area contributed by atoms with Gasteiger partial charge >= 0.3 is 12.2 Å². The highest BCUT2D eigenvalue weighted by Gasteiger charge is 2.47. The number of amides is 4. The van der Waals surface area contributed by atoms with Gasteiger partial charge in [-0.25, -0.2) is 19.6 Å². The zero-order valence-corrected chi connectivity index (χ0v) is 39.9. The molecule has 2 aliphatic carbocycles. The lowest BCUT2D eigenvalue weighted by atomic mass is 9.76. The molecular weight excluding hydrogens is 821 g/mol. The molecule has 14 heteroatoms. The van der Waals surface area contributed by atoms with Crippen LogP contribution in [-0.4, -0.2) is 93.1 Å². The summed E-state index contributed by atoms with van der Waals surface area (Å²) < 4.78 is 9.71. The Morgan fingerprint density at radius 2 is 1.12 bits per heavy atom. The van der Waals surface area contributed by atoms with Crippen molar-refractivity contribution in [3.8, 4) is 33.6 Å². The van der Waals surface area contributed by atoms with E-state index in [0.29, 0.717) is 13.1 Å². The zero-order valence-electron chi connectivity index (χ0n) is 39.9. The number of alkyl carbamates (subject to hydrolysis) is 2. The number of aromatic amines is 2. The Kier molecular flexibility index (Phi) is 12.4. The molecule has 14 nitrogen and oxygen atoms in total. The molecule has 4 aliphatic rings. The SMILES string of the molecule is COC(=O)NC(C(=O)N1CC(C)(C)CC1c1ncc(-c2ccc(-c3ccc(-c4cnc(C5CC(C)(C)CN5C(=O)C(NC(=O)OC)C(C)C)[nH]4)c4c3C3(CCCC3)CC4)cc2)[nH]1)C(C)C. The van der Waals surface area contributed by atoms with E-state index in [1.54, 1.807) is 0 Å². The number of benzene rings is 2. The molecule has 4 unspecified atom stereocenters. The van der Waals surface area contributed by atoms with Gasteiger partial charge in [0.05, 0.1) is 50.1 Å². The first-order valence-electron chi connectivity index (χ1n) is 23.5. The maximum Gasteiger partial charge on any atom is 0.407 e. The minimum atomic E-state index is -0.716. The third-order valence-electron chi connectivity index (χ3n) is 14.7. The van der Waals surface area contributed by atoms with E-state index in [1.165, 1.54) is 67.7 Å². The summed E-state index contributed by atoms with van der Waals surface area (Å²) in [5, 5.41) is 5.53. The minimum absolute atomic E-state index is 0.126. The fourth-order valence-electron chi connectivity index (χ4n) is 11.4. The average molecular weight is 889 g/mol. The van der Waals surface area contributed by atoms with E-state index in [-0.39, 0.29) is 52.0 Å². The summed E-state index contributed by atoms with van der Waals surface area (Å²) in [6.45, 7) is 17.5. The summed E-state index contributed by atoms with van der Waals surface area (Å²) in [4.78, 5) is 73.4. The summed E-state index contributed by atoms with van der Waals surface area (Å²) in [7, 11) is 2.62. The molecule has 4 amide bonds. The number of H-pyrrole nitrogens is 2. The molecule has 2 aromatic heterocycles. The number of nitrogens with zero attached hydrogens (tertiary/aromatic N) is 4. The molecular formula is C51H68N8O6. The number of imidazole rings is 2. The first-order chi connectivity index (χ1) is 30.8. The van der Waals surface area contributed by atoms with E-state index < -0.39 is 24.3 Å². The zero-order chi connectivity index (χ0) is 46.6. The van der Waals surface area contributed by atoms with Crippen LogP contribution in [0.2, 0.25) is 0 Å². The Bertz CT molecular complexity index is 2430. The van der Waals surface area contributed by atoms with Crippen LogP contribution in [0.4, 0.5) is 9.59 Å². The monoisotopic (exact) mass is 889 g/mol. The number of carbonyl (C=O) groups is 4. The van der Waals surface area contributed by atoms with Gasteiger partial charge in [0.2, 0.25) is 11.8 Å². The second kappa shape index (κ2) is 17.6. The highest BCUT2D eigenvalue weighted by Crippen LogP contribution is 2.55. The van der Waals surface area contributed by atoms with Crippen molar-refractivity contribution >= 4 is 24.0 Å². The summed E-state index contributed by atoms with van der Waals surface area (Å²) in [5.41, 5.74) is 9.16. The number of aromatic nitrogens is 4. The Morgan fingerprint density at radius 1 is 0.662 bits per heavy atom. The van der Waals surface area contributed by atoms with Gasteiger partial charge in [-0.15, -0.1) is 0 Å². The first-order valence-corrected chi connectivity index (χ1v) is 23.5. The first kappa shape index (κ1) is 45.9. The van der Waals surface area contributed by atoms with E-state index in [4.69, 9.17) is 19.4 Å². The average Bonchev–Trinajstić information content (AvgIpc) is 4.15. The van der Waals surface area contributed by atoms with Gasteiger partial charge in [-0.2, -0.15) is 0 Å². The second-order valence-corrected chi connectivity index (χ2v) is 21.4. The van der Waals surface area contributed by atoms with Crippen molar-refractivity contribution in [2.45, 2.75) is 136 Å². The fourth-order valence-corrected chi connectivity index (χ4v) is 11.4. The number of likely N-dealkylation sites (tertiary alicyclic amines) is 2. The van der Waals surface area contributed by atoms with Crippen LogP contribution in [0, 0.1) is 22.7 Å². The highest BCUT2D eigenvalue weighted by molar-refractivity contribution is 5.87. The van der Waals surface area contributed by atoms with Crippen LogP contribution >= 0.6 is 0 Å². The van der Waals surface area contributed by atoms with Crippen molar-refractivity contribution in [3.05, 3.63) is 71.6 Å². The van der Waals surface area contributed by atoms with E-state index >= 15 is 0 Å². The number of fused-ring (bicyclic) bond motifs is 2. The Morgan fingerprint density at radius 3 is 1.62 bits per heavy atom. The Hall–Kier alpha value is -5.66. The molecule has 8 rings (SSSR count). The smallest absolute Gasteiger partial charge is 0.407 e. The maximum absolute atomic E-state index is 14.1. The van der Waals surface area contributed by atoms with Crippen molar-refractivity contribution in [3.63, 3.8) is 0 Å². The van der Waals surface area contributed by atoms with Gasteiger partial charge in [0.15, 0.2) is 0 Å². The van der Waals surface area contributed by atoms with Gasteiger partial charge in [0.1, 0.15) is 23.7 Å². The number of carbonyl (C=O) groups excluding carboxylic acids is 4. The van der Waals surface area contributed by atoms with Crippen LogP contribution in [0.3, 0.4) is 0 Å². The van der Waals surface area contributed by atoms with Gasteiger partial charge < -0.3 is 39.9 Å². The van der Waals surface area contributed by atoms with Crippen LogP contribution in [0.15, 0.2) is 48.8 Å². The van der Waals surface area contributed by atoms with Gasteiger partial charge in [0, 0.05) is 18.7 Å². The Balaban J connectivity index is 1.07. The van der Waals surface area contributed by atoms with Crippen molar-refractivity contribution in [2.75, 3.05) is 27.3 Å². The molecule has 0 bridgehead atoms. The van der Waals surface area contributed by atoms with E-state index in [2.05, 4.69) is 84.7 Å². The molecule has 65 heavy (non-hydrogen) atoms. The lowest BCUT2D eigenvalue weighted by Gasteiger charge is -2.30. The lowest BCUT2D eigenvalue weighted by molar-refractivity contribution is -0.136. The highest BCUT2D eigenvalue weighted by atomic mass is 16.5. The van der Waals surface area contributed by atoms with Crippen molar-refractivity contribution < 1.29 is 28.7 Å². The molecule has 4 atom stereocenters. The molecule has 0 radical (unpaired) electrons. The third-order valence-corrected chi connectivity index (χ3v) is 14.7. The van der Waals surface area contributed by atoms with Gasteiger partial charge in [0.25, 0.3) is 0 Å². The molecule has 348 valence electrons. The van der Waals surface area contributed by atoms with E-state index in [0.717, 1.165) is 54.3 Å². The Labute approximate surface area is 383 Å². The van der Waals surface area contributed by atoms with E-state index in [1.807, 2.05) is 49.9 Å². The van der Waals surface area contributed by atoms with Crippen molar-refractivity contribution in [2.24, 2.45) is 22.7 Å². The number of nitrogens with one attached hydrogen (secondary N) is 4. The molecule has 3 fully saturated rings. The topological polar surface area (TPSA) is 175 Å². The number of hydrogen-bond donors (Lipinski definition) is 4. The molecule has 4 N–H and O–H groups in total. The summed E-state index contributed by atoms with van der Waals surface area (Å²) in [6.07, 6.45) is 11.0. The van der Waals surface area contributed by atoms with Crippen LogP contribution in [-0.2, 0) is 30.9 Å². The lowest BCUT2D eigenvalue weighted by Crippen LogP contribution is -2.51. The fraction of sp³-hybridized carbons (Fsp3) is 0.569. The van der Waals surface area contributed by atoms with Crippen LogP contribution < -0.4 is 10.6 Å². The van der Waals surface area contributed by atoms with Gasteiger partial charge in [-0.05, 0) is 94.4 Å². The van der Waals surface area contributed by atoms with Crippen molar-refractivity contribution in [1.29, 1.82) is 0 Å². The molecule has 2 aromatic carbocycles. The largest absolute Gasteiger partial charge is 0.453 e. The summed E-state index contributed by atoms with van der Waals surface area (Å²) >= 11 is 0. The number of ether oxygens (including phenoxy) is 2. The standard InChI is InChI=1S/C51H68N8O6/c1-29(2)41(56-47(62)64-9)45(60)58-27-49(5,6)23-38(58)43-52-25-36(54-43)32-15-13-31(14-16-32)33-17-18-34(35-19-22-51(40(33)35)20-11-12-21-51)37-26-53-44(55-37)39-24-50(7,8)28-59(39)46(61)42(30(3)4)57-48(63)65-10/h13-18,25-26,29-30,38-39,41-42H,11-12,19-24,27-28H2,1-10H3,(H,52,54)(H,53,55)(H,56,62)(H,57,63). The molecule has 2 aliphatic heterocycles. The summed E-state index contributed by atoms with van der Waals surface area (Å²) in [6, 6.07) is 11.3. The second-order valence-electron chi connectivity index (χ2n) is 21.4. The molecule has 1 spiro atoms. The number of rotatable bonds is 11. The molecule has 1 saturated carbocycles. The molecule has 4 heterocycles. The van der Waals surface area contributed by atoms with Crippen LogP contribution in [0.25, 0.3) is 33.6 Å². The van der Waals surface area contributed by atoms with Crippen molar-refractivity contribution in [1.82, 2.24) is 40.4 Å². The van der Waals surface area contributed by atoms with Gasteiger partial charge in [-0.3, -0.25) is 9.59 Å². The predicted octanol–water partition coefficient (Wildman–Crippen LogP) is 9.25. The molecule has 4 aromatic rings. The minimum Gasteiger partial charge on any atom is -0.453 e. The third kappa shape index (κ3) is 8.89. The normalized spacial score (nSPS) is 21.5. The molecule has 2 saturated heterocycles.